The van der Waals surface area contributed by atoms with Gasteiger partial charge in [0.2, 0.25) is 17.7 Å². The molecule has 2 aromatic rings. The number of nitrogens with one attached hydrogen (secondary N) is 2. The van der Waals surface area contributed by atoms with Crippen molar-refractivity contribution in [1.82, 2.24) is 10.6 Å². The molecule has 43 heavy (non-hydrogen) atoms. The van der Waals surface area contributed by atoms with Gasteiger partial charge in [-0.2, -0.15) is 0 Å². The molecule has 0 radical (unpaired) electrons. The van der Waals surface area contributed by atoms with Gasteiger partial charge >= 0.3 is 0 Å². The summed E-state index contributed by atoms with van der Waals surface area (Å²) in [5.41, 5.74) is 7.23. The highest BCUT2D eigenvalue weighted by molar-refractivity contribution is 6.09. The largest absolute Gasteiger partial charge is 0.387 e. The Morgan fingerprint density at radius 2 is 1.63 bits per heavy atom. The minimum Gasteiger partial charge on any atom is -0.387 e. The quantitative estimate of drug-likeness (QED) is 0.185. The minimum absolute atomic E-state index is 0. The van der Waals surface area contributed by atoms with Crippen molar-refractivity contribution < 1.29 is 19.5 Å². The van der Waals surface area contributed by atoms with E-state index >= 15 is 0 Å². The second kappa shape index (κ2) is 18.7. The number of hydrogen-bond acceptors (Lipinski definition) is 5. The first-order valence-corrected chi connectivity index (χ1v) is 15.4. The third kappa shape index (κ3) is 11.2. The molecule has 240 valence electrons. The number of fused-ring (bicyclic) bond motifs is 1. The van der Waals surface area contributed by atoms with E-state index in [1.54, 1.807) is 17.9 Å². The summed E-state index contributed by atoms with van der Waals surface area (Å²) in [5.74, 6) is -0.463. The Hall–Kier alpha value is -2.94. The van der Waals surface area contributed by atoms with E-state index in [0.29, 0.717) is 43.0 Å². The zero-order chi connectivity index (χ0) is 31.4. The molecule has 0 aliphatic rings. The van der Waals surface area contributed by atoms with Crippen LogP contribution in [0.25, 0.3) is 10.8 Å². The third-order valence-electron chi connectivity index (χ3n) is 7.28. The molecule has 0 saturated carbocycles. The van der Waals surface area contributed by atoms with Gasteiger partial charge < -0.3 is 21.5 Å². The van der Waals surface area contributed by atoms with Crippen LogP contribution in [0.3, 0.4) is 0 Å². The van der Waals surface area contributed by atoms with E-state index in [2.05, 4.69) is 10.6 Å². The number of nitrogens with two attached hydrogens (primary N) is 1. The monoisotopic (exact) mass is 616 g/mol. The summed E-state index contributed by atoms with van der Waals surface area (Å²) < 4.78 is 0. The van der Waals surface area contributed by atoms with Crippen LogP contribution in [0.15, 0.2) is 54.1 Å². The van der Waals surface area contributed by atoms with E-state index in [0.717, 1.165) is 23.6 Å². The lowest BCUT2D eigenvalue weighted by Gasteiger charge is -2.35. The molecule has 2 aromatic carbocycles. The molecule has 0 aromatic heterocycles. The van der Waals surface area contributed by atoms with Crippen LogP contribution in [0.5, 0.6) is 0 Å². The number of nitrogens with zero attached hydrogens (tertiary/aromatic N) is 1. The highest BCUT2D eigenvalue weighted by atomic mass is 35.5. The molecule has 9 heteroatoms. The maximum Gasteiger partial charge on any atom is 0.246 e. The smallest absolute Gasteiger partial charge is 0.246 e. The zero-order valence-electron chi connectivity index (χ0n) is 26.9. The number of benzene rings is 2. The highest BCUT2D eigenvalue weighted by Crippen LogP contribution is 2.30. The number of amides is 3. The van der Waals surface area contributed by atoms with E-state index in [-0.39, 0.29) is 36.0 Å². The fourth-order valence-electron chi connectivity index (χ4n) is 5.01. The molecule has 3 amide bonds. The summed E-state index contributed by atoms with van der Waals surface area (Å²) in [4.78, 5) is 42.1. The molecule has 0 aliphatic heterocycles. The number of aliphatic hydroxyl groups is 1. The fourth-order valence-corrected chi connectivity index (χ4v) is 5.01. The van der Waals surface area contributed by atoms with Crippen LogP contribution in [0.2, 0.25) is 0 Å². The number of halogens is 1. The van der Waals surface area contributed by atoms with Gasteiger partial charge in [-0.1, -0.05) is 90.8 Å². The van der Waals surface area contributed by atoms with E-state index in [9.17, 15) is 19.5 Å². The van der Waals surface area contributed by atoms with Crippen molar-refractivity contribution in [3.63, 3.8) is 0 Å². The summed E-state index contributed by atoms with van der Waals surface area (Å²) in [7, 11) is 0. The van der Waals surface area contributed by atoms with Crippen molar-refractivity contribution in [3.05, 3.63) is 54.1 Å². The van der Waals surface area contributed by atoms with Crippen molar-refractivity contribution in [2.45, 2.75) is 105 Å². The maximum atomic E-state index is 14.1. The molecule has 0 heterocycles. The average Bonchev–Trinajstić information content (AvgIpc) is 2.95. The van der Waals surface area contributed by atoms with Crippen molar-refractivity contribution >= 4 is 46.6 Å². The van der Waals surface area contributed by atoms with Gasteiger partial charge in [0.05, 0.1) is 23.9 Å². The molecule has 8 nitrogen and oxygen atoms in total. The SMILES string of the molecule is CCCC[C@@H](C(=O)N[C@@H](CC(C)C)[C@@H](O)/C=C(\CC)C(=O)NCC(C)C)N(C(=O)[C@H](C)N)c1cccc2ccccc12.Cl. The highest BCUT2D eigenvalue weighted by Gasteiger charge is 2.35. The number of rotatable bonds is 16. The van der Waals surface area contributed by atoms with Gasteiger partial charge in [-0.25, -0.2) is 0 Å². The van der Waals surface area contributed by atoms with Crippen LogP contribution in [0.1, 0.15) is 80.6 Å². The first-order valence-electron chi connectivity index (χ1n) is 15.4. The third-order valence-corrected chi connectivity index (χ3v) is 7.28. The van der Waals surface area contributed by atoms with Crippen molar-refractivity contribution in [3.8, 4) is 0 Å². The Morgan fingerprint density at radius 3 is 2.21 bits per heavy atom. The predicted octanol–water partition coefficient (Wildman–Crippen LogP) is 5.50. The summed E-state index contributed by atoms with van der Waals surface area (Å²) in [6.45, 7) is 14.1. The molecule has 0 spiro atoms. The molecule has 4 atom stereocenters. The number of aliphatic hydroxyl groups excluding tert-OH is 1. The topological polar surface area (TPSA) is 125 Å². The van der Waals surface area contributed by atoms with Crippen LogP contribution < -0.4 is 21.3 Å². The van der Waals surface area contributed by atoms with Gasteiger partial charge in [-0.15, -0.1) is 12.4 Å². The summed E-state index contributed by atoms with van der Waals surface area (Å²) in [6, 6.07) is 11.1. The normalized spacial score (nSPS) is 14.5. The van der Waals surface area contributed by atoms with E-state index < -0.39 is 24.2 Å². The Labute approximate surface area is 264 Å². The Bertz CT molecular complexity index is 1210. The minimum atomic E-state index is -1.09. The Morgan fingerprint density at radius 1 is 0.977 bits per heavy atom. The van der Waals surface area contributed by atoms with Crippen molar-refractivity contribution in [1.29, 1.82) is 0 Å². The molecule has 0 bridgehead atoms. The molecule has 0 aliphatic carbocycles. The van der Waals surface area contributed by atoms with Gasteiger partial charge in [-0.3, -0.25) is 19.3 Å². The van der Waals surface area contributed by atoms with E-state index in [1.165, 1.54) is 0 Å². The first kappa shape index (κ1) is 38.1. The molecular formula is C34H53ClN4O4. The maximum absolute atomic E-state index is 14.1. The van der Waals surface area contributed by atoms with Crippen molar-refractivity contribution in [2.24, 2.45) is 17.6 Å². The Kier molecular flexibility index (Phi) is 16.5. The van der Waals surface area contributed by atoms with Crippen LogP contribution >= 0.6 is 12.4 Å². The van der Waals surface area contributed by atoms with Gasteiger partial charge in [0, 0.05) is 17.5 Å². The van der Waals surface area contributed by atoms with Gasteiger partial charge in [0.1, 0.15) is 6.04 Å². The van der Waals surface area contributed by atoms with Crippen LogP contribution in [0.4, 0.5) is 5.69 Å². The molecule has 0 unspecified atom stereocenters. The summed E-state index contributed by atoms with van der Waals surface area (Å²) >= 11 is 0. The first-order chi connectivity index (χ1) is 19.9. The lowest BCUT2D eigenvalue weighted by atomic mass is 9.95. The van der Waals surface area contributed by atoms with Gasteiger partial charge in [0.25, 0.3) is 0 Å². The zero-order valence-corrected chi connectivity index (χ0v) is 27.7. The van der Waals surface area contributed by atoms with E-state index in [1.807, 2.05) is 84.0 Å². The van der Waals surface area contributed by atoms with Crippen LogP contribution in [-0.2, 0) is 14.4 Å². The molecule has 5 N–H and O–H groups in total. The fraction of sp³-hybridized carbons (Fsp3) is 0.559. The molecule has 0 saturated heterocycles. The number of anilines is 1. The van der Waals surface area contributed by atoms with Gasteiger partial charge in [-0.05, 0) is 55.6 Å². The summed E-state index contributed by atoms with van der Waals surface area (Å²) in [6.07, 6.45) is 3.40. The van der Waals surface area contributed by atoms with Crippen LogP contribution in [-0.4, -0.2) is 53.6 Å². The lowest BCUT2D eigenvalue weighted by molar-refractivity contribution is -0.128. The van der Waals surface area contributed by atoms with E-state index in [4.69, 9.17) is 5.73 Å². The van der Waals surface area contributed by atoms with Gasteiger partial charge in [0.15, 0.2) is 0 Å². The predicted molar refractivity (Wildman–Crippen MR) is 179 cm³/mol. The standard InChI is InChI=1S/C34H52N4O4.ClH/c1-8-10-17-30(38(34(42)24(7)35)29-18-13-15-26-14-11-12-16-27(26)29)33(41)37-28(19-22(3)4)31(39)20-25(9-2)32(40)36-21-23(5)6;/h11-16,18,20,22-24,28,30-31,39H,8-10,17,19,21,35H2,1-7H3,(H,36,40)(H,37,41);1H/b25-20+;/t24-,28-,30-,31-;/m0./s1. The van der Waals surface area contributed by atoms with Crippen LogP contribution in [0, 0.1) is 11.8 Å². The second-order valence-corrected chi connectivity index (χ2v) is 12.0. The molecule has 0 fully saturated rings. The number of carbonyl (C=O) groups excluding carboxylic acids is 3. The summed E-state index contributed by atoms with van der Waals surface area (Å²) in [5, 5.41) is 19.1. The van der Waals surface area contributed by atoms with Crippen molar-refractivity contribution in [2.75, 3.05) is 11.4 Å². The number of carbonyl (C=O) groups is 3. The lowest BCUT2D eigenvalue weighted by Crippen LogP contribution is -2.57. The second-order valence-electron chi connectivity index (χ2n) is 12.0. The number of hydrogen-bond donors (Lipinski definition) is 4. The molecule has 2 rings (SSSR count). The number of unbranched alkanes of at least 4 members (excludes halogenated alkanes) is 1. The Balaban J connectivity index is 0.00000924. The average molecular weight is 617 g/mol. The molecular weight excluding hydrogens is 564 g/mol.